The van der Waals surface area contributed by atoms with Crippen LogP contribution >= 0.6 is 0 Å². The van der Waals surface area contributed by atoms with Gasteiger partial charge in [-0.25, -0.2) is 8.93 Å². The van der Waals surface area contributed by atoms with Gasteiger partial charge in [0.2, 0.25) is 0 Å². The van der Waals surface area contributed by atoms with Crippen molar-refractivity contribution in [3.8, 4) is 0 Å². The largest absolute Gasteiger partial charge is 0.295 e. The lowest BCUT2D eigenvalue weighted by molar-refractivity contribution is -0.114. The highest BCUT2D eigenvalue weighted by Crippen LogP contribution is 2.11. The van der Waals surface area contributed by atoms with E-state index in [2.05, 4.69) is 4.72 Å². The van der Waals surface area contributed by atoms with Crippen LogP contribution in [0, 0.1) is 6.92 Å². The first-order valence-electron chi connectivity index (χ1n) is 5.11. The third-order valence-corrected chi connectivity index (χ3v) is 3.65. The van der Waals surface area contributed by atoms with Crippen molar-refractivity contribution in [3.63, 3.8) is 0 Å². The number of benzene rings is 1. The first kappa shape index (κ1) is 11.2. The number of hydrogen-bond acceptors (Lipinski definition) is 2. The van der Waals surface area contributed by atoms with Gasteiger partial charge in [0.1, 0.15) is 11.0 Å². The minimum Gasteiger partial charge on any atom is -0.295 e. The maximum Gasteiger partial charge on any atom is 0.157 e. The lowest BCUT2D eigenvalue weighted by Gasteiger charge is -2.09. The molecule has 1 aliphatic rings. The maximum absolute atomic E-state index is 11.9. The summed E-state index contributed by atoms with van der Waals surface area (Å²) < 4.78 is 14.8. The summed E-state index contributed by atoms with van der Waals surface area (Å²) >= 11 is 0. The van der Waals surface area contributed by atoms with E-state index in [-0.39, 0.29) is 11.8 Å². The highest BCUT2D eigenvalue weighted by molar-refractivity contribution is 7.83. The molecule has 3 nitrogen and oxygen atoms in total. The van der Waals surface area contributed by atoms with Crippen LogP contribution in [0.15, 0.2) is 41.3 Å². The van der Waals surface area contributed by atoms with E-state index in [0.29, 0.717) is 6.42 Å². The van der Waals surface area contributed by atoms with E-state index in [1.54, 1.807) is 6.08 Å². The molecule has 0 radical (unpaired) electrons. The number of carbonyl (C=O) groups excluding carboxylic acids is 1. The molecule has 0 fully saturated rings. The van der Waals surface area contributed by atoms with Crippen molar-refractivity contribution in [2.24, 2.45) is 0 Å². The molecule has 0 spiro atoms. The summed E-state index contributed by atoms with van der Waals surface area (Å²) in [5, 5.41) is 0. The Hall–Kier alpha value is -1.26. The molecule has 16 heavy (non-hydrogen) atoms. The van der Waals surface area contributed by atoms with Gasteiger partial charge >= 0.3 is 0 Å². The minimum absolute atomic E-state index is 0.0819. The standard InChI is InChI=1S/C12H13NO2S/c1-9-2-6-12(7-3-9)16(15)13-10-4-5-11(14)8-10/h2-7,10,13H,8H2,1H3/t10-,16-/m0/s1. The zero-order valence-electron chi connectivity index (χ0n) is 8.97. The van der Waals surface area contributed by atoms with E-state index in [1.165, 1.54) is 6.08 Å². The van der Waals surface area contributed by atoms with Gasteiger partial charge in [0.05, 0.1) is 4.90 Å². The van der Waals surface area contributed by atoms with Crippen LogP contribution in [-0.2, 0) is 15.8 Å². The van der Waals surface area contributed by atoms with Crippen LogP contribution in [0.5, 0.6) is 0 Å². The van der Waals surface area contributed by atoms with Crippen LogP contribution in [0.1, 0.15) is 12.0 Å². The molecule has 2 atom stereocenters. The van der Waals surface area contributed by atoms with E-state index in [1.807, 2.05) is 31.2 Å². The third-order valence-electron chi connectivity index (χ3n) is 2.43. The zero-order chi connectivity index (χ0) is 11.5. The molecule has 1 aromatic carbocycles. The first-order chi connectivity index (χ1) is 7.65. The van der Waals surface area contributed by atoms with Gasteiger partial charge in [-0.05, 0) is 25.1 Å². The quantitative estimate of drug-likeness (QED) is 0.863. The summed E-state index contributed by atoms with van der Waals surface area (Å²) in [5.74, 6) is 0.0819. The van der Waals surface area contributed by atoms with Crippen molar-refractivity contribution in [2.75, 3.05) is 0 Å². The molecule has 0 amide bonds. The Morgan fingerprint density at radius 3 is 2.56 bits per heavy atom. The van der Waals surface area contributed by atoms with Crippen molar-refractivity contribution in [3.05, 3.63) is 42.0 Å². The number of allylic oxidation sites excluding steroid dienone is 1. The van der Waals surface area contributed by atoms with E-state index in [4.69, 9.17) is 0 Å². The lowest BCUT2D eigenvalue weighted by Crippen LogP contribution is -2.28. The summed E-state index contributed by atoms with van der Waals surface area (Å²) in [6.07, 6.45) is 3.69. The summed E-state index contributed by atoms with van der Waals surface area (Å²) in [7, 11) is -1.25. The van der Waals surface area contributed by atoms with Gasteiger partial charge in [-0.3, -0.25) is 4.79 Å². The molecule has 0 bridgehead atoms. The third kappa shape index (κ3) is 2.65. The molecule has 0 saturated heterocycles. The second-order valence-electron chi connectivity index (χ2n) is 3.84. The summed E-state index contributed by atoms with van der Waals surface area (Å²) in [5.41, 5.74) is 1.14. The van der Waals surface area contributed by atoms with E-state index >= 15 is 0 Å². The number of hydrogen-bond donors (Lipinski definition) is 1. The van der Waals surface area contributed by atoms with Gasteiger partial charge in [-0.15, -0.1) is 0 Å². The fourth-order valence-corrected chi connectivity index (χ4v) is 2.48. The Balaban J connectivity index is 2.01. The van der Waals surface area contributed by atoms with Crippen molar-refractivity contribution >= 4 is 16.8 Å². The lowest BCUT2D eigenvalue weighted by atomic mass is 10.2. The Bertz CT molecular complexity index is 451. The van der Waals surface area contributed by atoms with Crippen molar-refractivity contribution in [1.29, 1.82) is 0 Å². The first-order valence-corrected chi connectivity index (χ1v) is 6.26. The fourth-order valence-electron chi connectivity index (χ4n) is 1.52. The molecule has 2 rings (SSSR count). The molecule has 1 N–H and O–H groups in total. The SMILES string of the molecule is Cc1ccc([S@](=O)N[C@H]2C=CC(=O)C2)cc1. The van der Waals surface area contributed by atoms with Gasteiger partial charge in [0.15, 0.2) is 5.78 Å². The van der Waals surface area contributed by atoms with Gasteiger partial charge in [0, 0.05) is 12.5 Å². The molecule has 1 aromatic rings. The average Bonchev–Trinajstić information content (AvgIpc) is 2.65. The molecular formula is C12H13NO2S. The van der Waals surface area contributed by atoms with Crippen LogP contribution in [0.25, 0.3) is 0 Å². The van der Waals surface area contributed by atoms with Crippen LogP contribution in [0.2, 0.25) is 0 Å². The molecule has 1 aliphatic carbocycles. The number of ketones is 1. The predicted octanol–water partition coefficient (Wildman–Crippen LogP) is 1.50. The Morgan fingerprint density at radius 2 is 2.00 bits per heavy atom. The summed E-state index contributed by atoms with van der Waals surface area (Å²) in [6, 6.07) is 7.40. The van der Waals surface area contributed by atoms with E-state index in [0.717, 1.165) is 10.5 Å². The van der Waals surface area contributed by atoms with E-state index in [9.17, 15) is 9.00 Å². The highest BCUT2D eigenvalue weighted by Gasteiger charge is 2.17. The molecule has 0 unspecified atom stereocenters. The minimum atomic E-state index is -1.25. The second kappa shape index (κ2) is 4.72. The van der Waals surface area contributed by atoms with Crippen molar-refractivity contribution in [1.82, 2.24) is 4.72 Å². The topological polar surface area (TPSA) is 46.2 Å². The molecule has 0 aromatic heterocycles. The second-order valence-corrected chi connectivity index (χ2v) is 5.08. The molecule has 0 aliphatic heterocycles. The van der Waals surface area contributed by atoms with Gasteiger partial charge in [-0.2, -0.15) is 0 Å². The van der Waals surface area contributed by atoms with Crippen molar-refractivity contribution in [2.45, 2.75) is 24.3 Å². The Labute approximate surface area is 97.1 Å². The maximum atomic E-state index is 11.9. The molecule has 0 saturated carbocycles. The van der Waals surface area contributed by atoms with Gasteiger partial charge < -0.3 is 0 Å². The van der Waals surface area contributed by atoms with Crippen molar-refractivity contribution < 1.29 is 9.00 Å². The van der Waals surface area contributed by atoms with Crippen LogP contribution in [-0.4, -0.2) is 16.0 Å². The van der Waals surface area contributed by atoms with Gasteiger partial charge in [0.25, 0.3) is 0 Å². The highest BCUT2D eigenvalue weighted by atomic mass is 32.2. The van der Waals surface area contributed by atoms with Crippen LogP contribution < -0.4 is 4.72 Å². The average molecular weight is 235 g/mol. The molecular weight excluding hydrogens is 222 g/mol. The normalized spacial score (nSPS) is 21.3. The zero-order valence-corrected chi connectivity index (χ0v) is 9.79. The number of nitrogens with one attached hydrogen (secondary N) is 1. The van der Waals surface area contributed by atoms with Gasteiger partial charge in [-0.1, -0.05) is 23.8 Å². The number of carbonyl (C=O) groups is 1. The van der Waals surface area contributed by atoms with E-state index < -0.39 is 11.0 Å². The Morgan fingerprint density at radius 1 is 1.31 bits per heavy atom. The fraction of sp³-hybridized carbons (Fsp3) is 0.250. The smallest absolute Gasteiger partial charge is 0.157 e. The predicted molar refractivity (Wildman–Crippen MR) is 63.3 cm³/mol. The summed E-state index contributed by atoms with van der Waals surface area (Å²) in [4.78, 5) is 11.7. The molecule has 4 heteroatoms. The number of rotatable bonds is 3. The molecule has 0 heterocycles. The Kier molecular flexibility index (Phi) is 3.31. The van der Waals surface area contributed by atoms with Crippen LogP contribution in [0.4, 0.5) is 0 Å². The number of aryl methyl sites for hydroxylation is 1. The van der Waals surface area contributed by atoms with Crippen LogP contribution in [0.3, 0.4) is 0 Å². The summed E-state index contributed by atoms with van der Waals surface area (Å²) in [6.45, 7) is 1.98. The monoisotopic (exact) mass is 235 g/mol. The molecule has 84 valence electrons.